The van der Waals surface area contributed by atoms with E-state index in [1.165, 1.54) is 36.6 Å². The molecule has 1 spiro atoms. The molecule has 0 radical (unpaired) electrons. The quantitative estimate of drug-likeness (QED) is 0.409. The number of aliphatic hydroxyl groups is 1. The molecule has 2 aromatic rings. The van der Waals surface area contributed by atoms with E-state index >= 15 is 0 Å². The van der Waals surface area contributed by atoms with Gasteiger partial charge in [-0.2, -0.15) is 0 Å². The van der Waals surface area contributed by atoms with Gasteiger partial charge in [0.2, 0.25) is 5.91 Å². The van der Waals surface area contributed by atoms with Gasteiger partial charge in [0.05, 0.1) is 12.1 Å². The number of benzene rings is 2. The van der Waals surface area contributed by atoms with Crippen LogP contribution in [-0.2, 0) is 17.6 Å². The summed E-state index contributed by atoms with van der Waals surface area (Å²) in [6, 6.07) is 10.4. The van der Waals surface area contributed by atoms with E-state index < -0.39 is 18.0 Å². The number of hydrogen-bond donors (Lipinski definition) is 2. The molecule has 36 heavy (non-hydrogen) atoms. The van der Waals surface area contributed by atoms with Crippen molar-refractivity contribution < 1.29 is 19.0 Å². The number of fused-ring (bicyclic) bond motifs is 1. The van der Waals surface area contributed by atoms with Crippen molar-refractivity contribution in [3.8, 4) is 5.75 Å². The molecule has 196 valence electrons. The highest BCUT2D eigenvalue weighted by Crippen LogP contribution is 2.51. The van der Waals surface area contributed by atoms with E-state index in [-0.39, 0.29) is 22.8 Å². The molecule has 2 aromatic carbocycles. The Hall–Kier alpha value is -2.11. The summed E-state index contributed by atoms with van der Waals surface area (Å²) in [7, 11) is 0. The summed E-state index contributed by atoms with van der Waals surface area (Å²) in [5, 5.41) is 14.3. The van der Waals surface area contributed by atoms with Crippen molar-refractivity contribution in [2.75, 3.05) is 0 Å². The number of carbonyl (C=O) groups excluding carboxylic acids is 1. The highest BCUT2D eigenvalue weighted by molar-refractivity contribution is 6.30. The SMILES string of the molecule is CC(=O)N[C@@H](Cc1cc(F)cc(Cl)c1)[C@H](O)CC[C@H]1CC2(CCC2)Oc2ccc(CC(C)(C)C)cc21. The highest BCUT2D eigenvalue weighted by Gasteiger charge is 2.45. The second-order valence-corrected chi connectivity index (χ2v) is 12.5. The Labute approximate surface area is 219 Å². The standard InChI is InChI=1S/C30H39ClFNO3/c1-19(34)33-26(15-21-12-23(31)16-24(32)13-21)27(35)8-7-22-18-30(10-5-11-30)36-28-9-6-20(14-25(22)28)17-29(2,3)4/h6,9,12-14,16,22,26-27,35H,5,7-8,10-11,15,17-18H2,1-4H3,(H,33,34)/t22-,26-,27+/m0/s1. The molecule has 1 aliphatic heterocycles. The van der Waals surface area contributed by atoms with Crippen LogP contribution in [0.1, 0.15) is 88.8 Å². The van der Waals surface area contributed by atoms with Gasteiger partial charge in [-0.05, 0) is 104 Å². The summed E-state index contributed by atoms with van der Waals surface area (Å²) in [6.45, 7) is 8.17. The molecule has 0 unspecified atom stereocenters. The van der Waals surface area contributed by atoms with Crippen LogP contribution >= 0.6 is 11.6 Å². The molecule has 3 atom stereocenters. The number of hydrogen-bond acceptors (Lipinski definition) is 3. The first kappa shape index (κ1) is 26.9. The lowest BCUT2D eigenvalue weighted by Gasteiger charge is -2.48. The van der Waals surface area contributed by atoms with Gasteiger partial charge in [-0.15, -0.1) is 0 Å². The molecule has 1 aliphatic carbocycles. The molecule has 6 heteroatoms. The number of carbonyl (C=O) groups is 1. The van der Waals surface area contributed by atoms with Crippen LogP contribution in [0.4, 0.5) is 4.39 Å². The summed E-state index contributed by atoms with van der Waals surface area (Å²) in [4.78, 5) is 11.9. The first-order valence-electron chi connectivity index (χ1n) is 13.1. The Balaban J connectivity index is 1.51. The van der Waals surface area contributed by atoms with E-state index in [2.05, 4.69) is 44.3 Å². The second kappa shape index (κ2) is 10.7. The van der Waals surface area contributed by atoms with E-state index in [0.29, 0.717) is 23.4 Å². The lowest BCUT2D eigenvalue weighted by atomic mass is 9.69. The number of amides is 1. The van der Waals surface area contributed by atoms with Gasteiger partial charge in [-0.3, -0.25) is 4.79 Å². The maximum Gasteiger partial charge on any atom is 0.217 e. The summed E-state index contributed by atoms with van der Waals surface area (Å²) < 4.78 is 20.4. The largest absolute Gasteiger partial charge is 0.487 e. The molecule has 2 aliphatic rings. The van der Waals surface area contributed by atoms with Crippen LogP contribution in [-0.4, -0.2) is 28.8 Å². The van der Waals surface area contributed by atoms with Crippen LogP contribution < -0.4 is 10.1 Å². The molecule has 2 N–H and O–H groups in total. The number of halogens is 2. The Morgan fingerprint density at radius 1 is 1.22 bits per heavy atom. The maximum atomic E-state index is 13.9. The monoisotopic (exact) mass is 515 g/mol. The molecule has 1 fully saturated rings. The Morgan fingerprint density at radius 2 is 1.97 bits per heavy atom. The van der Waals surface area contributed by atoms with Crippen molar-refractivity contribution in [2.24, 2.45) is 5.41 Å². The number of aliphatic hydroxyl groups excluding tert-OH is 1. The fourth-order valence-electron chi connectivity index (χ4n) is 5.80. The van der Waals surface area contributed by atoms with E-state index in [0.717, 1.165) is 37.9 Å². The molecule has 0 bridgehead atoms. The fraction of sp³-hybridized carbons (Fsp3) is 0.567. The van der Waals surface area contributed by atoms with Gasteiger partial charge in [0.15, 0.2) is 0 Å². The molecule has 1 saturated carbocycles. The zero-order valence-corrected chi connectivity index (χ0v) is 22.6. The minimum absolute atomic E-state index is 0.0798. The first-order valence-corrected chi connectivity index (χ1v) is 13.5. The van der Waals surface area contributed by atoms with Crippen molar-refractivity contribution in [1.29, 1.82) is 0 Å². The minimum atomic E-state index is -0.766. The Morgan fingerprint density at radius 3 is 2.58 bits per heavy atom. The molecule has 1 heterocycles. The third-order valence-corrected chi connectivity index (χ3v) is 7.72. The third kappa shape index (κ3) is 6.80. The normalized spacial score (nSPS) is 20.1. The lowest BCUT2D eigenvalue weighted by molar-refractivity contribution is -0.120. The average Bonchev–Trinajstić information content (AvgIpc) is 2.73. The smallest absolute Gasteiger partial charge is 0.217 e. The van der Waals surface area contributed by atoms with Crippen molar-refractivity contribution in [3.05, 3.63) is 63.9 Å². The first-order chi connectivity index (χ1) is 16.9. The lowest BCUT2D eigenvalue weighted by Crippen LogP contribution is -2.47. The average molecular weight is 516 g/mol. The van der Waals surface area contributed by atoms with Crippen LogP contribution in [0.25, 0.3) is 0 Å². The van der Waals surface area contributed by atoms with E-state index in [1.54, 1.807) is 6.07 Å². The predicted molar refractivity (Wildman–Crippen MR) is 142 cm³/mol. The Kier molecular flexibility index (Phi) is 8.01. The Bertz CT molecular complexity index is 1070. The van der Waals surface area contributed by atoms with Crippen LogP contribution in [0.5, 0.6) is 5.75 Å². The molecular formula is C30H39ClFNO3. The van der Waals surface area contributed by atoms with E-state index in [1.807, 2.05) is 0 Å². The van der Waals surface area contributed by atoms with Gasteiger partial charge in [0.1, 0.15) is 17.2 Å². The van der Waals surface area contributed by atoms with Gasteiger partial charge >= 0.3 is 0 Å². The molecule has 0 saturated heterocycles. The highest BCUT2D eigenvalue weighted by atomic mass is 35.5. The van der Waals surface area contributed by atoms with Gasteiger partial charge in [-0.25, -0.2) is 4.39 Å². The zero-order valence-electron chi connectivity index (χ0n) is 21.9. The molecule has 4 rings (SSSR count). The van der Waals surface area contributed by atoms with Crippen molar-refractivity contribution in [3.63, 3.8) is 0 Å². The molecule has 0 aromatic heterocycles. The van der Waals surface area contributed by atoms with Crippen LogP contribution in [0.2, 0.25) is 5.02 Å². The van der Waals surface area contributed by atoms with Gasteiger partial charge in [0.25, 0.3) is 0 Å². The zero-order chi connectivity index (χ0) is 26.1. The van der Waals surface area contributed by atoms with E-state index in [9.17, 15) is 14.3 Å². The van der Waals surface area contributed by atoms with Gasteiger partial charge in [-0.1, -0.05) is 44.5 Å². The second-order valence-electron chi connectivity index (χ2n) is 12.1. The van der Waals surface area contributed by atoms with Crippen LogP contribution in [0, 0.1) is 11.2 Å². The molecule has 4 nitrogen and oxygen atoms in total. The molecular weight excluding hydrogens is 477 g/mol. The topological polar surface area (TPSA) is 58.6 Å². The van der Waals surface area contributed by atoms with Gasteiger partial charge < -0.3 is 15.2 Å². The minimum Gasteiger partial charge on any atom is -0.487 e. The van der Waals surface area contributed by atoms with Crippen molar-refractivity contribution in [2.45, 2.75) is 103 Å². The van der Waals surface area contributed by atoms with Gasteiger partial charge in [0, 0.05) is 11.9 Å². The van der Waals surface area contributed by atoms with Crippen molar-refractivity contribution >= 4 is 17.5 Å². The summed E-state index contributed by atoms with van der Waals surface area (Å²) in [6.07, 6.45) is 6.13. The number of nitrogens with one attached hydrogen (secondary N) is 1. The third-order valence-electron chi connectivity index (χ3n) is 7.50. The summed E-state index contributed by atoms with van der Waals surface area (Å²) in [5.41, 5.74) is 3.29. The molecule has 1 amide bonds. The maximum absolute atomic E-state index is 13.9. The van der Waals surface area contributed by atoms with Crippen molar-refractivity contribution in [1.82, 2.24) is 5.32 Å². The van der Waals surface area contributed by atoms with E-state index in [4.69, 9.17) is 16.3 Å². The summed E-state index contributed by atoms with van der Waals surface area (Å²) >= 11 is 6.03. The fourth-order valence-corrected chi connectivity index (χ4v) is 6.05. The summed E-state index contributed by atoms with van der Waals surface area (Å²) in [5.74, 6) is 0.610. The number of rotatable bonds is 8. The number of ether oxygens (including phenoxy) is 1. The predicted octanol–water partition coefficient (Wildman–Crippen LogP) is 6.75. The van der Waals surface area contributed by atoms with Crippen LogP contribution in [0.3, 0.4) is 0 Å². The van der Waals surface area contributed by atoms with Crippen LogP contribution in [0.15, 0.2) is 36.4 Å².